The highest BCUT2D eigenvalue weighted by Crippen LogP contribution is 2.06. The topological polar surface area (TPSA) is 58.2 Å². The smallest absolute Gasteiger partial charge is 0.201 e. The molecule has 1 saturated heterocycles. The first-order chi connectivity index (χ1) is 4.51. The van der Waals surface area contributed by atoms with Gasteiger partial charge < -0.3 is 0 Å². The minimum Gasteiger partial charge on any atom is -0.201 e. The average molecular weight is 164 g/mol. The minimum atomic E-state index is -3.14. The largest absolute Gasteiger partial charge is 0.277 e. The Morgan fingerprint density at radius 3 is 2.30 bits per heavy atom. The zero-order chi connectivity index (χ0) is 7.78. The van der Waals surface area contributed by atoms with Crippen LogP contribution in [-0.4, -0.2) is 21.0 Å². The summed E-state index contributed by atoms with van der Waals surface area (Å²) in [5.41, 5.74) is 0. The van der Waals surface area contributed by atoms with Gasteiger partial charge in [-0.2, -0.15) is 13.1 Å². The summed E-state index contributed by atoms with van der Waals surface area (Å²) in [7, 11) is -3.14. The van der Waals surface area contributed by atoms with Crippen molar-refractivity contribution >= 4 is 10.2 Å². The molecule has 1 heterocycles. The van der Waals surface area contributed by atoms with Crippen molar-refractivity contribution in [3.8, 4) is 0 Å². The van der Waals surface area contributed by atoms with E-state index < -0.39 is 10.2 Å². The molecule has 1 atom stereocenters. The van der Waals surface area contributed by atoms with Crippen LogP contribution in [0.5, 0.6) is 0 Å². The van der Waals surface area contributed by atoms with E-state index in [0.29, 0.717) is 12.5 Å². The summed E-state index contributed by atoms with van der Waals surface area (Å²) in [6, 6.07) is 0.0602. The second-order valence-corrected chi connectivity index (χ2v) is 4.35. The van der Waals surface area contributed by atoms with E-state index in [1.807, 2.05) is 13.8 Å². The quantitative estimate of drug-likeness (QED) is 0.546. The van der Waals surface area contributed by atoms with E-state index in [2.05, 4.69) is 9.44 Å². The van der Waals surface area contributed by atoms with Gasteiger partial charge in [-0.3, -0.25) is 0 Å². The van der Waals surface area contributed by atoms with E-state index in [-0.39, 0.29) is 6.04 Å². The third-order valence-corrected chi connectivity index (χ3v) is 2.76. The molecule has 4 nitrogen and oxygen atoms in total. The fraction of sp³-hybridized carbons (Fsp3) is 1.00. The molecule has 0 bridgehead atoms. The van der Waals surface area contributed by atoms with E-state index in [1.54, 1.807) is 0 Å². The molecule has 1 fully saturated rings. The molecular formula is C5H12N2O2S. The summed E-state index contributed by atoms with van der Waals surface area (Å²) in [5, 5.41) is 0. The van der Waals surface area contributed by atoms with Crippen LogP contribution in [0, 0.1) is 5.92 Å². The first-order valence-electron chi connectivity index (χ1n) is 3.28. The monoisotopic (exact) mass is 164 g/mol. The third-order valence-electron chi connectivity index (χ3n) is 1.60. The first kappa shape index (κ1) is 7.97. The van der Waals surface area contributed by atoms with Gasteiger partial charge in [0.25, 0.3) is 10.2 Å². The maximum absolute atomic E-state index is 10.7. The Hall–Kier alpha value is -0.130. The second kappa shape index (κ2) is 2.48. The number of hydrogen-bond donors (Lipinski definition) is 2. The van der Waals surface area contributed by atoms with Crippen molar-refractivity contribution in [2.45, 2.75) is 19.9 Å². The predicted octanol–water partition coefficient (Wildman–Crippen LogP) is -0.551. The molecule has 10 heavy (non-hydrogen) atoms. The van der Waals surface area contributed by atoms with Gasteiger partial charge >= 0.3 is 0 Å². The van der Waals surface area contributed by atoms with Crippen molar-refractivity contribution < 1.29 is 8.42 Å². The highest BCUT2D eigenvalue weighted by Gasteiger charge is 2.27. The molecule has 0 aromatic carbocycles. The SMILES string of the molecule is CC(C)[C@@H]1CNS(=O)(=O)N1. The molecule has 0 spiro atoms. The molecule has 1 aliphatic heterocycles. The Morgan fingerprint density at radius 2 is 2.10 bits per heavy atom. The van der Waals surface area contributed by atoms with Crippen molar-refractivity contribution in [3.63, 3.8) is 0 Å². The van der Waals surface area contributed by atoms with Gasteiger partial charge in [0.1, 0.15) is 0 Å². The van der Waals surface area contributed by atoms with Crippen molar-refractivity contribution in [3.05, 3.63) is 0 Å². The van der Waals surface area contributed by atoms with Gasteiger partial charge in [0.2, 0.25) is 0 Å². The van der Waals surface area contributed by atoms with Crippen LogP contribution in [0.4, 0.5) is 0 Å². The van der Waals surface area contributed by atoms with Crippen molar-refractivity contribution in [1.29, 1.82) is 0 Å². The summed E-state index contributed by atoms with van der Waals surface area (Å²) in [5.74, 6) is 0.352. The van der Waals surface area contributed by atoms with Gasteiger partial charge in [-0.25, -0.2) is 4.72 Å². The molecule has 0 aromatic heterocycles. The fourth-order valence-electron chi connectivity index (χ4n) is 0.854. The van der Waals surface area contributed by atoms with Gasteiger partial charge in [-0.1, -0.05) is 13.8 Å². The molecule has 0 unspecified atom stereocenters. The lowest BCUT2D eigenvalue weighted by Gasteiger charge is -2.10. The molecule has 1 aliphatic rings. The average Bonchev–Trinajstić information content (AvgIpc) is 2.10. The van der Waals surface area contributed by atoms with Gasteiger partial charge in [-0.15, -0.1) is 0 Å². The van der Waals surface area contributed by atoms with Gasteiger partial charge in [0.15, 0.2) is 0 Å². The molecule has 2 N–H and O–H groups in total. The molecule has 1 rings (SSSR count). The zero-order valence-corrected chi connectivity index (χ0v) is 6.90. The molecule has 0 amide bonds. The molecular weight excluding hydrogens is 152 g/mol. The van der Waals surface area contributed by atoms with Gasteiger partial charge in [-0.05, 0) is 5.92 Å². The summed E-state index contributed by atoms with van der Waals surface area (Å²) < 4.78 is 26.3. The second-order valence-electron chi connectivity index (χ2n) is 2.82. The van der Waals surface area contributed by atoms with Gasteiger partial charge in [0, 0.05) is 12.6 Å². The first-order valence-corrected chi connectivity index (χ1v) is 4.76. The summed E-state index contributed by atoms with van der Waals surface area (Å²) in [4.78, 5) is 0. The maximum Gasteiger partial charge on any atom is 0.277 e. The van der Waals surface area contributed by atoms with E-state index >= 15 is 0 Å². The summed E-state index contributed by atoms with van der Waals surface area (Å²) in [6.07, 6.45) is 0. The highest BCUT2D eigenvalue weighted by atomic mass is 32.2. The van der Waals surface area contributed by atoms with Crippen LogP contribution in [0.15, 0.2) is 0 Å². The van der Waals surface area contributed by atoms with E-state index in [0.717, 1.165) is 0 Å². The Kier molecular flexibility index (Phi) is 1.98. The van der Waals surface area contributed by atoms with Crippen LogP contribution in [0.2, 0.25) is 0 Å². The number of rotatable bonds is 1. The van der Waals surface area contributed by atoms with Crippen LogP contribution in [0.25, 0.3) is 0 Å². The zero-order valence-electron chi connectivity index (χ0n) is 6.09. The lowest BCUT2D eigenvalue weighted by Crippen LogP contribution is -2.31. The van der Waals surface area contributed by atoms with Crippen LogP contribution in [-0.2, 0) is 10.2 Å². The molecule has 5 heteroatoms. The van der Waals surface area contributed by atoms with E-state index in [4.69, 9.17) is 0 Å². The number of nitrogens with one attached hydrogen (secondary N) is 2. The maximum atomic E-state index is 10.7. The molecule has 0 aromatic rings. The standard InChI is InChI=1S/C5H12N2O2S/c1-4(2)5-3-6-10(8,9)7-5/h4-7H,3H2,1-2H3/t5-/m0/s1. The van der Waals surface area contributed by atoms with E-state index in [9.17, 15) is 8.42 Å². The molecule has 0 radical (unpaired) electrons. The van der Waals surface area contributed by atoms with Crippen LogP contribution in [0.3, 0.4) is 0 Å². The van der Waals surface area contributed by atoms with Crippen molar-refractivity contribution in [2.75, 3.05) is 6.54 Å². The lowest BCUT2D eigenvalue weighted by molar-refractivity contribution is 0.482. The Morgan fingerprint density at radius 1 is 1.50 bits per heavy atom. The molecule has 0 saturated carbocycles. The minimum absolute atomic E-state index is 0.0602. The Balaban J connectivity index is 2.60. The van der Waals surface area contributed by atoms with Crippen LogP contribution < -0.4 is 9.44 Å². The van der Waals surface area contributed by atoms with Crippen LogP contribution >= 0.6 is 0 Å². The van der Waals surface area contributed by atoms with Crippen LogP contribution in [0.1, 0.15) is 13.8 Å². The molecule has 0 aliphatic carbocycles. The van der Waals surface area contributed by atoms with Crippen molar-refractivity contribution in [2.24, 2.45) is 5.92 Å². The normalized spacial score (nSPS) is 31.3. The predicted molar refractivity (Wildman–Crippen MR) is 38.7 cm³/mol. The summed E-state index contributed by atoms with van der Waals surface area (Å²) in [6.45, 7) is 4.49. The van der Waals surface area contributed by atoms with E-state index in [1.165, 1.54) is 0 Å². The van der Waals surface area contributed by atoms with Crippen molar-refractivity contribution in [1.82, 2.24) is 9.44 Å². The lowest BCUT2D eigenvalue weighted by atomic mass is 10.1. The Labute approximate surface area is 61.2 Å². The van der Waals surface area contributed by atoms with Gasteiger partial charge in [0.05, 0.1) is 0 Å². The Bertz CT molecular complexity index is 210. The fourth-order valence-corrected chi connectivity index (χ4v) is 2.09. The summed E-state index contributed by atoms with van der Waals surface area (Å²) >= 11 is 0. The third kappa shape index (κ3) is 1.68. The highest BCUT2D eigenvalue weighted by molar-refractivity contribution is 7.87. The molecule has 60 valence electrons. The number of hydrogen-bond acceptors (Lipinski definition) is 2.